The van der Waals surface area contributed by atoms with Crippen LogP contribution in [0.3, 0.4) is 0 Å². The van der Waals surface area contributed by atoms with E-state index in [4.69, 9.17) is 9.47 Å². The highest BCUT2D eigenvalue weighted by Gasteiger charge is 2.19. The number of aryl methyl sites for hydroxylation is 1. The fraction of sp³-hybridized carbons (Fsp3) is 0.263. The summed E-state index contributed by atoms with van der Waals surface area (Å²) in [5, 5.41) is 2.69. The average molecular weight is 345 g/mol. The molecule has 1 atom stereocenters. The van der Waals surface area contributed by atoms with Crippen molar-refractivity contribution in [2.24, 2.45) is 0 Å². The summed E-state index contributed by atoms with van der Waals surface area (Å²) in [6.07, 6.45) is -0.997. The van der Waals surface area contributed by atoms with Gasteiger partial charge in [0.05, 0.1) is 12.7 Å². The summed E-state index contributed by atoms with van der Waals surface area (Å²) in [5.74, 6) is -1.85. The molecule has 0 heterocycles. The first-order chi connectivity index (χ1) is 11.9. The third-order valence-corrected chi connectivity index (χ3v) is 3.63. The molecule has 0 aliphatic heterocycles. The fourth-order valence-corrected chi connectivity index (χ4v) is 2.11. The number of halogens is 1. The van der Waals surface area contributed by atoms with Gasteiger partial charge in [-0.25, -0.2) is 9.18 Å². The monoisotopic (exact) mass is 345 g/mol. The predicted molar refractivity (Wildman–Crippen MR) is 90.9 cm³/mol. The third kappa shape index (κ3) is 5.04. The van der Waals surface area contributed by atoms with Crippen LogP contribution in [0.2, 0.25) is 0 Å². The second kappa shape index (κ2) is 8.28. The number of methoxy groups -OCH3 is 1. The molecule has 0 fully saturated rings. The summed E-state index contributed by atoms with van der Waals surface area (Å²) in [7, 11) is 1.33. The molecule has 0 radical (unpaired) electrons. The van der Waals surface area contributed by atoms with Crippen LogP contribution in [0.25, 0.3) is 0 Å². The first-order valence-corrected chi connectivity index (χ1v) is 7.78. The standard InChI is InChI=1S/C19H20FNO4/c1-12-4-6-14(7-5-12)11-21-18(22)13(2)25-19(23)15-8-9-17(24-3)16(20)10-15/h4-10,13H,11H2,1-3H3,(H,21,22)/t13-/m1/s1. The predicted octanol–water partition coefficient (Wildman–Crippen LogP) is 3.00. The largest absolute Gasteiger partial charge is 0.494 e. The molecule has 0 saturated heterocycles. The van der Waals surface area contributed by atoms with Crippen LogP contribution in [0, 0.1) is 12.7 Å². The highest BCUT2D eigenvalue weighted by molar-refractivity contribution is 5.92. The minimum absolute atomic E-state index is 0.0106. The number of esters is 1. The Morgan fingerprint density at radius 3 is 2.44 bits per heavy atom. The van der Waals surface area contributed by atoms with Gasteiger partial charge in [-0.15, -0.1) is 0 Å². The molecular weight excluding hydrogens is 325 g/mol. The fourth-order valence-electron chi connectivity index (χ4n) is 2.11. The van der Waals surface area contributed by atoms with Crippen molar-refractivity contribution < 1.29 is 23.5 Å². The Hall–Kier alpha value is -2.89. The maximum atomic E-state index is 13.6. The van der Waals surface area contributed by atoms with Gasteiger partial charge in [0.1, 0.15) is 0 Å². The van der Waals surface area contributed by atoms with Crippen LogP contribution in [0.15, 0.2) is 42.5 Å². The Morgan fingerprint density at radius 2 is 1.84 bits per heavy atom. The summed E-state index contributed by atoms with van der Waals surface area (Å²) in [6, 6.07) is 11.4. The van der Waals surface area contributed by atoms with E-state index in [9.17, 15) is 14.0 Å². The molecule has 25 heavy (non-hydrogen) atoms. The zero-order valence-electron chi connectivity index (χ0n) is 14.3. The summed E-state index contributed by atoms with van der Waals surface area (Å²) in [4.78, 5) is 24.0. The van der Waals surface area contributed by atoms with Crippen molar-refractivity contribution >= 4 is 11.9 Å². The number of hydrogen-bond donors (Lipinski definition) is 1. The summed E-state index contributed by atoms with van der Waals surface area (Å²) >= 11 is 0. The van der Waals surface area contributed by atoms with Crippen molar-refractivity contribution in [1.82, 2.24) is 5.32 Å². The summed E-state index contributed by atoms with van der Waals surface area (Å²) in [5.41, 5.74) is 2.08. The van der Waals surface area contributed by atoms with E-state index in [2.05, 4.69) is 5.32 Å². The first kappa shape index (κ1) is 18.4. The van der Waals surface area contributed by atoms with Crippen LogP contribution in [0.5, 0.6) is 5.75 Å². The van der Waals surface area contributed by atoms with Gasteiger partial charge in [-0.2, -0.15) is 0 Å². The van der Waals surface area contributed by atoms with Gasteiger partial charge in [0, 0.05) is 6.54 Å². The van der Waals surface area contributed by atoms with Crippen LogP contribution >= 0.6 is 0 Å². The summed E-state index contributed by atoms with van der Waals surface area (Å²) in [6.45, 7) is 3.77. The van der Waals surface area contributed by atoms with Gasteiger partial charge in [-0.3, -0.25) is 4.79 Å². The van der Waals surface area contributed by atoms with Gasteiger partial charge in [0.2, 0.25) is 0 Å². The quantitative estimate of drug-likeness (QED) is 0.818. The van der Waals surface area contributed by atoms with E-state index in [1.165, 1.54) is 26.2 Å². The minimum Gasteiger partial charge on any atom is -0.494 e. The van der Waals surface area contributed by atoms with Gasteiger partial charge in [-0.1, -0.05) is 29.8 Å². The van der Waals surface area contributed by atoms with E-state index in [1.807, 2.05) is 31.2 Å². The van der Waals surface area contributed by atoms with Gasteiger partial charge in [-0.05, 0) is 37.6 Å². The van der Waals surface area contributed by atoms with Crippen LogP contribution < -0.4 is 10.1 Å². The smallest absolute Gasteiger partial charge is 0.339 e. The normalized spacial score (nSPS) is 11.5. The third-order valence-electron chi connectivity index (χ3n) is 3.63. The Bertz CT molecular complexity index is 759. The molecule has 0 saturated carbocycles. The second-order valence-electron chi connectivity index (χ2n) is 5.60. The van der Waals surface area contributed by atoms with Crippen molar-refractivity contribution in [3.05, 3.63) is 65.0 Å². The van der Waals surface area contributed by atoms with Crippen molar-refractivity contribution in [1.29, 1.82) is 0 Å². The highest BCUT2D eigenvalue weighted by Crippen LogP contribution is 2.18. The lowest BCUT2D eigenvalue weighted by Crippen LogP contribution is -2.35. The Balaban J connectivity index is 1.90. The van der Waals surface area contributed by atoms with Gasteiger partial charge >= 0.3 is 5.97 Å². The van der Waals surface area contributed by atoms with E-state index < -0.39 is 23.8 Å². The SMILES string of the molecule is COc1ccc(C(=O)O[C@H](C)C(=O)NCc2ccc(C)cc2)cc1F. The van der Waals surface area contributed by atoms with Crippen molar-refractivity contribution in [3.63, 3.8) is 0 Å². The number of carbonyl (C=O) groups excluding carboxylic acids is 2. The molecule has 2 rings (SSSR count). The zero-order valence-corrected chi connectivity index (χ0v) is 14.3. The van der Waals surface area contributed by atoms with Crippen molar-refractivity contribution in [3.8, 4) is 5.75 Å². The van der Waals surface area contributed by atoms with Crippen LogP contribution in [-0.2, 0) is 16.1 Å². The Kier molecular flexibility index (Phi) is 6.11. The number of ether oxygens (including phenoxy) is 2. The van der Waals surface area contributed by atoms with Crippen LogP contribution in [0.4, 0.5) is 4.39 Å². The molecule has 0 bridgehead atoms. The molecule has 1 N–H and O–H groups in total. The number of benzene rings is 2. The molecule has 0 aliphatic carbocycles. The van der Waals surface area contributed by atoms with Crippen molar-refractivity contribution in [2.45, 2.75) is 26.5 Å². The number of amides is 1. The maximum absolute atomic E-state index is 13.6. The van der Waals surface area contributed by atoms with Gasteiger partial charge in [0.25, 0.3) is 5.91 Å². The highest BCUT2D eigenvalue weighted by atomic mass is 19.1. The van der Waals surface area contributed by atoms with Gasteiger partial charge in [0.15, 0.2) is 17.7 Å². The molecule has 2 aromatic carbocycles. The maximum Gasteiger partial charge on any atom is 0.339 e. The molecular formula is C19H20FNO4. The van der Waals surface area contributed by atoms with E-state index in [1.54, 1.807) is 0 Å². The van der Waals surface area contributed by atoms with E-state index >= 15 is 0 Å². The molecule has 2 aromatic rings. The van der Waals surface area contributed by atoms with Gasteiger partial charge < -0.3 is 14.8 Å². The van der Waals surface area contributed by atoms with Crippen LogP contribution in [-0.4, -0.2) is 25.1 Å². The van der Waals surface area contributed by atoms with E-state index in [0.717, 1.165) is 17.2 Å². The van der Waals surface area contributed by atoms with E-state index in [0.29, 0.717) is 6.54 Å². The Labute approximate surface area is 145 Å². The molecule has 1 amide bonds. The number of hydrogen-bond acceptors (Lipinski definition) is 4. The zero-order chi connectivity index (χ0) is 18.4. The average Bonchev–Trinajstić information content (AvgIpc) is 2.60. The second-order valence-corrected chi connectivity index (χ2v) is 5.60. The minimum atomic E-state index is -0.997. The molecule has 0 aromatic heterocycles. The number of rotatable bonds is 6. The number of nitrogens with one attached hydrogen (secondary N) is 1. The topological polar surface area (TPSA) is 64.6 Å². The van der Waals surface area contributed by atoms with Crippen molar-refractivity contribution in [2.75, 3.05) is 7.11 Å². The molecule has 0 spiro atoms. The molecule has 5 nitrogen and oxygen atoms in total. The summed E-state index contributed by atoms with van der Waals surface area (Å²) < 4.78 is 23.5. The lowest BCUT2D eigenvalue weighted by Gasteiger charge is -2.14. The lowest BCUT2D eigenvalue weighted by atomic mass is 10.1. The van der Waals surface area contributed by atoms with Crippen LogP contribution in [0.1, 0.15) is 28.4 Å². The molecule has 132 valence electrons. The molecule has 0 aliphatic rings. The molecule has 6 heteroatoms. The molecule has 0 unspecified atom stereocenters. The lowest BCUT2D eigenvalue weighted by molar-refractivity contribution is -0.129. The Morgan fingerprint density at radius 1 is 1.16 bits per heavy atom. The van der Waals surface area contributed by atoms with E-state index in [-0.39, 0.29) is 11.3 Å². The first-order valence-electron chi connectivity index (χ1n) is 7.78. The number of carbonyl (C=O) groups is 2.